The molecule has 0 spiro atoms. The summed E-state index contributed by atoms with van der Waals surface area (Å²) in [4.78, 5) is 10.9. The van der Waals surface area contributed by atoms with Gasteiger partial charge in [0, 0.05) is 0 Å². The molecule has 2 atom stereocenters. The maximum atomic E-state index is 10.9. The third-order valence-electron chi connectivity index (χ3n) is 2.23. The zero-order valence-corrected chi connectivity index (χ0v) is 8.99. The van der Waals surface area contributed by atoms with Gasteiger partial charge >= 0.3 is 5.97 Å². The summed E-state index contributed by atoms with van der Waals surface area (Å²) < 4.78 is 4.84. The predicted molar refractivity (Wildman–Crippen MR) is 56.5 cm³/mol. The van der Waals surface area contributed by atoms with Crippen molar-refractivity contribution < 1.29 is 24.9 Å². The minimum absolute atomic E-state index is 0.136. The summed E-state index contributed by atoms with van der Waals surface area (Å²) in [5.74, 6) is -1.08. The normalized spacial score (nSPS) is 13.5. The van der Waals surface area contributed by atoms with Crippen LogP contribution in [0.3, 0.4) is 0 Å². The first-order chi connectivity index (χ1) is 8.01. The van der Waals surface area contributed by atoms with Crippen LogP contribution in [0.5, 0.6) is 5.75 Å². The van der Waals surface area contributed by atoms with Gasteiger partial charge in [0.05, 0.1) is 13.2 Å². The fourth-order valence-electron chi connectivity index (χ4n) is 1.33. The van der Waals surface area contributed by atoms with E-state index in [2.05, 4.69) is 0 Å². The van der Waals surface area contributed by atoms with Crippen molar-refractivity contribution >= 4 is 5.97 Å². The highest BCUT2D eigenvalue weighted by Gasteiger charge is 2.20. The molecule has 0 bridgehead atoms. The van der Waals surface area contributed by atoms with Crippen LogP contribution in [0, 0.1) is 11.3 Å². The Hall–Kier alpha value is -2.10. The van der Waals surface area contributed by atoms with Crippen LogP contribution in [0.1, 0.15) is 22.0 Å². The number of nitrogens with zero attached hydrogens (tertiary/aromatic N) is 1. The fraction of sp³-hybridized carbons (Fsp3) is 0.273. The average molecular weight is 237 g/mol. The number of carbonyl (C=O) groups is 1. The number of ether oxygens (including phenoxy) is 1. The Morgan fingerprint density at radius 1 is 1.47 bits per heavy atom. The van der Waals surface area contributed by atoms with Crippen molar-refractivity contribution in [1.82, 2.24) is 0 Å². The third kappa shape index (κ3) is 2.72. The monoisotopic (exact) mass is 237 g/mol. The van der Waals surface area contributed by atoms with E-state index in [1.807, 2.05) is 0 Å². The highest BCUT2D eigenvalue weighted by Crippen LogP contribution is 2.24. The lowest BCUT2D eigenvalue weighted by molar-refractivity contribution is 0.0525. The summed E-state index contributed by atoms with van der Waals surface area (Å²) in [5.41, 5.74) is -0.00793. The number of aliphatic hydroxyl groups is 2. The van der Waals surface area contributed by atoms with Crippen molar-refractivity contribution in [3.05, 3.63) is 29.3 Å². The van der Waals surface area contributed by atoms with Gasteiger partial charge in [0.2, 0.25) is 0 Å². The lowest BCUT2D eigenvalue weighted by atomic mass is 10.0. The second-order valence-corrected chi connectivity index (χ2v) is 3.28. The van der Waals surface area contributed by atoms with Crippen molar-refractivity contribution in [3.63, 3.8) is 0 Å². The standard InChI is InChI=1S/C11H11NO5/c1-17-9-3-2-6(4-7(9)11(15)16)10(14)8(13)5-12/h2-4,8,10,13-14H,1H3,(H,15,16). The van der Waals surface area contributed by atoms with Crippen LogP contribution in [-0.2, 0) is 0 Å². The summed E-state index contributed by atoms with van der Waals surface area (Å²) in [6, 6.07) is 5.37. The molecule has 2 unspecified atom stereocenters. The number of hydrogen-bond acceptors (Lipinski definition) is 5. The predicted octanol–water partition coefficient (Wildman–Crippen LogP) is 0.311. The lowest BCUT2D eigenvalue weighted by Gasteiger charge is -2.13. The Labute approximate surface area is 97.3 Å². The Morgan fingerprint density at radius 2 is 2.12 bits per heavy atom. The van der Waals surface area contributed by atoms with Gasteiger partial charge in [-0.15, -0.1) is 0 Å². The number of nitriles is 1. The molecule has 6 heteroatoms. The summed E-state index contributed by atoms with van der Waals surface area (Å²) in [7, 11) is 1.32. The molecule has 0 radical (unpaired) electrons. The molecule has 6 nitrogen and oxygen atoms in total. The van der Waals surface area contributed by atoms with Gasteiger partial charge in [-0.25, -0.2) is 4.79 Å². The minimum Gasteiger partial charge on any atom is -0.496 e. The second kappa shape index (κ2) is 5.30. The van der Waals surface area contributed by atoms with Crippen LogP contribution in [0.2, 0.25) is 0 Å². The first-order valence-corrected chi connectivity index (χ1v) is 4.68. The van der Waals surface area contributed by atoms with Crippen molar-refractivity contribution in [2.24, 2.45) is 0 Å². The van der Waals surface area contributed by atoms with Crippen LogP contribution in [0.25, 0.3) is 0 Å². The van der Waals surface area contributed by atoms with Crippen molar-refractivity contribution in [2.75, 3.05) is 7.11 Å². The van der Waals surface area contributed by atoms with E-state index in [9.17, 15) is 9.90 Å². The van der Waals surface area contributed by atoms with Gasteiger partial charge in [-0.1, -0.05) is 6.07 Å². The second-order valence-electron chi connectivity index (χ2n) is 3.28. The van der Waals surface area contributed by atoms with E-state index in [0.29, 0.717) is 0 Å². The summed E-state index contributed by atoms with van der Waals surface area (Å²) in [6.45, 7) is 0. The SMILES string of the molecule is COc1ccc(C(O)C(O)C#N)cc1C(=O)O. The molecule has 1 rings (SSSR count). The molecular weight excluding hydrogens is 226 g/mol. The Morgan fingerprint density at radius 3 is 2.59 bits per heavy atom. The molecule has 3 N–H and O–H groups in total. The maximum Gasteiger partial charge on any atom is 0.339 e. The van der Waals surface area contributed by atoms with Gasteiger partial charge in [-0.3, -0.25) is 0 Å². The summed E-state index contributed by atoms with van der Waals surface area (Å²) >= 11 is 0. The zero-order valence-electron chi connectivity index (χ0n) is 8.99. The number of hydrogen-bond donors (Lipinski definition) is 3. The van der Waals surface area contributed by atoms with E-state index in [1.54, 1.807) is 0 Å². The van der Waals surface area contributed by atoms with E-state index in [-0.39, 0.29) is 16.9 Å². The van der Waals surface area contributed by atoms with Crippen LogP contribution in [0.15, 0.2) is 18.2 Å². The number of carboxylic acid groups (broad SMARTS) is 1. The van der Waals surface area contributed by atoms with Crippen LogP contribution < -0.4 is 4.74 Å². The number of carboxylic acids is 1. The minimum atomic E-state index is -1.61. The maximum absolute atomic E-state index is 10.9. The fourth-order valence-corrected chi connectivity index (χ4v) is 1.33. The lowest BCUT2D eigenvalue weighted by Crippen LogP contribution is -2.16. The number of benzene rings is 1. The molecule has 1 aromatic carbocycles. The highest BCUT2D eigenvalue weighted by atomic mass is 16.5. The highest BCUT2D eigenvalue weighted by molar-refractivity contribution is 5.91. The first kappa shape index (κ1) is 13.0. The molecule has 90 valence electrons. The molecule has 0 aliphatic heterocycles. The largest absolute Gasteiger partial charge is 0.496 e. The molecule has 0 saturated carbocycles. The van der Waals surface area contributed by atoms with Crippen LogP contribution in [0.4, 0.5) is 0 Å². The summed E-state index contributed by atoms with van der Waals surface area (Å²) in [6.07, 6.45) is -3.06. The van der Waals surface area contributed by atoms with Gasteiger partial charge in [0.1, 0.15) is 17.4 Å². The summed E-state index contributed by atoms with van der Waals surface area (Å²) in [5, 5.41) is 36.1. The molecule has 0 aromatic heterocycles. The van der Waals surface area contributed by atoms with E-state index in [1.165, 1.54) is 25.3 Å². The number of methoxy groups -OCH3 is 1. The van der Waals surface area contributed by atoms with Crippen molar-refractivity contribution in [1.29, 1.82) is 5.26 Å². The zero-order chi connectivity index (χ0) is 13.0. The van der Waals surface area contributed by atoms with Gasteiger partial charge < -0.3 is 20.1 Å². The molecular formula is C11H11NO5. The third-order valence-corrected chi connectivity index (χ3v) is 2.23. The van der Waals surface area contributed by atoms with Gasteiger partial charge in [-0.2, -0.15) is 5.26 Å². The molecule has 1 aromatic rings. The Bertz CT molecular complexity index is 465. The van der Waals surface area contributed by atoms with Crippen molar-refractivity contribution in [2.45, 2.75) is 12.2 Å². The number of rotatable bonds is 4. The topological polar surface area (TPSA) is 111 Å². The molecule has 0 fully saturated rings. The van der Waals surface area contributed by atoms with Gasteiger partial charge in [-0.05, 0) is 17.7 Å². The molecule has 0 aliphatic carbocycles. The van der Waals surface area contributed by atoms with E-state index in [0.717, 1.165) is 6.07 Å². The van der Waals surface area contributed by atoms with E-state index < -0.39 is 18.2 Å². The van der Waals surface area contributed by atoms with Crippen LogP contribution in [-0.4, -0.2) is 34.5 Å². The number of aromatic carboxylic acids is 1. The Balaban J connectivity index is 3.17. The Kier molecular flexibility index (Phi) is 4.04. The van der Waals surface area contributed by atoms with Gasteiger partial charge in [0.15, 0.2) is 6.10 Å². The molecule has 0 amide bonds. The quantitative estimate of drug-likeness (QED) is 0.650. The van der Waals surface area contributed by atoms with E-state index >= 15 is 0 Å². The number of aliphatic hydroxyl groups excluding tert-OH is 2. The smallest absolute Gasteiger partial charge is 0.339 e. The van der Waals surface area contributed by atoms with Crippen LogP contribution >= 0.6 is 0 Å². The molecule has 0 heterocycles. The molecule has 0 aliphatic rings. The van der Waals surface area contributed by atoms with Crippen molar-refractivity contribution in [3.8, 4) is 11.8 Å². The van der Waals surface area contributed by atoms with Gasteiger partial charge in [0.25, 0.3) is 0 Å². The first-order valence-electron chi connectivity index (χ1n) is 4.68. The molecule has 0 saturated heterocycles. The van der Waals surface area contributed by atoms with E-state index in [4.69, 9.17) is 20.2 Å². The molecule has 17 heavy (non-hydrogen) atoms. The average Bonchev–Trinajstić information content (AvgIpc) is 2.35.